The van der Waals surface area contributed by atoms with Crippen LogP contribution < -0.4 is 0 Å². The number of benzene rings is 1. The zero-order chi connectivity index (χ0) is 21.4. The van der Waals surface area contributed by atoms with Gasteiger partial charge in [0.1, 0.15) is 5.82 Å². The molecular formula is C20H24ClFN2O4S. The first-order valence-corrected chi connectivity index (χ1v) is 11.6. The van der Waals surface area contributed by atoms with Crippen molar-refractivity contribution in [3.63, 3.8) is 0 Å². The van der Waals surface area contributed by atoms with Crippen LogP contribution >= 0.6 is 11.6 Å². The van der Waals surface area contributed by atoms with E-state index >= 15 is 0 Å². The molecule has 1 fully saturated rings. The molecule has 2 amide bonds. The summed E-state index contributed by atoms with van der Waals surface area (Å²) < 4.78 is 36.5. The topological polar surface area (TPSA) is 74.8 Å². The van der Waals surface area contributed by atoms with Gasteiger partial charge in [0.2, 0.25) is 5.91 Å². The summed E-state index contributed by atoms with van der Waals surface area (Å²) in [7, 11) is -3.06. The number of hydrogen-bond acceptors (Lipinski definition) is 4. The van der Waals surface area contributed by atoms with Crippen LogP contribution in [0.2, 0.25) is 5.02 Å². The van der Waals surface area contributed by atoms with E-state index in [1.807, 2.05) is 13.8 Å². The Balaban J connectivity index is 1.65. The van der Waals surface area contributed by atoms with Gasteiger partial charge in [-0.3, -0.25) is 9.59 Å². The molecule has 0 radical (unpaired) electrons. The lowest BCUT2D eigenvalue weighted by Gasteiger charge is -2.40. The zero-order valence-corrected chi connectivity index (χ0v) is 18.0. The van der Waals surface area contributed by atoms with E-state index in [2.05, 4.69) is 0 Å². The number of hydrogen-bond donors (Lipinski definition) is 0. The molecule has 6 nitrogen and oxygen atoms in total. The maximum atomic E-state index is 13.2. The number of amides is 2. The van der Waals surface area contributed by atoms with Gasteiger partial charge >= 0.3 is 0 Å². The van der Waals surface area contributed by atoms with Crippen LogP contribution in [0.1, 0.15) is 30.6 Å². The fourth-order valence-electron chi connectivity index (χ4n) is 3.72. The molecule has 2 aliphatic heterocycles. The molecule has 0 aliphatic carbocycles. The summed E-state index contributed by atoms with van der Waals surface area (Å²) in [5.41, 5.74) is 0.290. The van der Waals surface area contributed by atoms with Crippen LogP contribution in [0.3, 0.4) is 0 Å². The minimum absolute atomic E-state index is 0.0280. The van der Waals surface area contributed by atoms with Gasteiger partial charge in [0.15, 0.2) is 9.84 Å². The molecule has 1 saturated heterocycles. The van der Waals surface area contributed by atoms with Crippen molar-refractivity contribution in [2.75, 3.05) is 37.7 Å². The first-order chi connectivity index (χ1) is 13.5. The molecule has 0 spiro atoms. The van der Waals surface area contributed by atoms with Crippen molar-refractivity contribution in [1.82, 2.24) is 9.80 Å². The largest absolute Gasteiger partial charge is 0.338 e. The van der Waals surface area contributed by atoms with Gasteiger partial charge in [0.25, 0.3) is 5.91 Å². The molecule has 158 valence electrons. The second kappa shape index (κ2) is 8.07. The first-order valence-electron chi connectivity index (χ1n) is 9.45. The van der Waals surface area contributed by atoms with Crippen LogP contribution in [-0.2, 0) is 14.6 Å². The molecule has 0 saturated carbocycles. The van der Waals surface area contributed by atoms with Gasteiger partial charge in [-0.15, -0.1) is 0 Å². The van der Waals surface area contributed by atoms with Gasteiger partial charge in [-0.05, 0) is 38.5 Å². The molecule has 0 bridgehead atoms. The number of carbonyl (C=O) groups excluding carboxylic acids is 2. The summed E-state index contributed by atoms with van der Waals surface area (Å²) in [6.45, 7) is 5.07. The van der Waals surface area contributed by atoms with Crippen LogP contribution in [-0.4, -0.2) is 67.7 Å². The van der Waals surface area contributed by atoms with Crippen LogP contribution in [0.5, 0.6) is 0 Å². The first kappa shape index (κ1) is 21.8. The number of sulfone groups is 1. The quantitative estimate of drug-likeness (QED) is 0.674. The smallest absolute Gasteiger partial charge is 0.255 e. The Morgan fingerprint density at radius 3 is 2.28 bits per heavy atom. The van der Waals surface area contributed by atoms with Gasteiger partial charge in [-0.2, -0.15) is 0 Å². The van der Waals surface area contributed by atoms with Gasteiger partial charge in [0, 0.05) is 26.2 Å². The molecule has 0 unspecified atom stereocenters. The Bertz CT molecular complexity index is 967. The van der Waals surface area contributed by atoms with Gasteiger partial charge < -0.3 is 9.80 Å². The van der Waals surface area contributed by atoms with Crippen LogP contribution in [0.25, 0.3) is 0 Å². The maximum absolute atomic E-state index is 13.2. The minimum Gasteiger partial charge on any atom is -0.338 e. The molecule has 1 aromatic carbocycles. The van der Waals surface area contributed by atoms with E-state index in [9.17, 15) is 22.4 Å². The molecule has 0 aromatic heterocycles. The van der Waals surface area contributed by atoms with Crippen LogP contribution in [0, 0.1) is 11.2 Å². The molecule has 3 rings (SSSR count). The van der Waals surface area contributed by atoms with Gasteiger partial charge in [-0.25, -0.2) is 12.8 Å². The predicted octanol–water partition coefficient (Wildman–Crippen LogP) is 2.53. The third kappa shape index (κ3) is 4.64. The monoisotopic (exact) mass is 442 g/mol. The van der Waals surface area contributed by atoms with Crippen molar-refractivity contribution in [3.8, 4) is 0 Å². The van der Waals surface area contributed by atoms with Crippen molar-refractivity contribution < 1.29 is 22.4 Å². The van der Waals surface area contributed by atoms with Crippen molar-refractivity contribution in [2.24, 2.45) is 5.41 Å². The number of rotatable bonds is 3. The van der Waals surface area contributed by atoms with Gasteiger partial charge in [0.05, 0.1) is 27.5 Å². The summed E-state index contributed by atoms with van der Waals surface area (Å²) in [5.74, 6) is -0.832. The predicted molar refractivity (Wildman–Crippen MR) is 109 cm³/mol. The number of halogens is 2. The molecule has 29 heavy (non-hydrogen) atoms. The summed E-state index contributed by atoms with van der Waals surface area (Å²) in [6, 6.07) is 3.67. The third-order valence-corrected chi connectivity index (χ3v) is 7.43. The average molecular weight is 443 g/mol. The Morgan fingerprint density at radius 1 is 1.10 bits per heavy atom. The summed E-state index contributed by atoms with van der Waals surface area (Å²) in [5, 5.41) is 0.0637. The Morgan fingerprint density at radius 2 is 1.72 bits per heavy atom. The van der Waals surface area contributed by atoms with Crippen molar-refractivity contribution in [2.45, 2.75) is 20.3 Å². The highest BCUT2D eigenvalue weighted by Crippen LogP contribution is 2.34. The molecule has 0 N–H and O–H groups in total. The Kier molecular flexibility index (Phi) is 6.06. The minimum atomic E-state index is -3.06. The lowest BCUT2D eigenvalue weighted by atomic mass is 9.80. The summed E-state index contributed by atoms with van der Waals surface area (Å²) in [6.07, 6.45) is 2.02. The molecule has 1 aromatic rings. The number of carbonyl (C=O) groups is 2. The third-order valence-electron chi connectivity index (χ3n) is 5.62. The number of nitrogens with zero attached hydrogens (tertiary/aromatic N) is 2. The fourth-order valence-corrected chi connectivity index (χ4v) is 5.13. The van der Waals surface area contributed by atoms with E-state index in [1.54, 1.807) is 15.9 Å². The SMILES string of the molecule is CC(C)(C(=O)N1CCN(C(=O)c2ccc(F)cc2Cl)CC1)C1=CCS(=O)(=O)CC1. The highest BCUT2D eigenvalue weighted by Gasteiger charge is 2.38. The lowest BCUT2D eigenvalue weighted by molar-refractivity contribution is -0.140. The van der Waals surface area contributed by atoms with Crippen molar-refractivity contribution in [3.05, 3.63) is 46.3 Å². The van der Waals surface area contributed by atoms with E-state index in [0.29, 0.717) is 32.6 Å². The van der Waals surface area contributed by atoms with E-state index in [1.165, 1.54) is 12.1 Å². The molecular weight excluding hydrogens is 419 g/mol. The Hall–Kier alpha value is -1.93. The average Bonchev–Trinajstić information content (AvgIpc) is 2.66. The summed E-state index contributed by atoms with van der Waals surface area (Å²) >= 11 is 5.99. The second-order valence-corrected chi connectivity index (χ2v) is 10.6. The molecule has 0 atom stereocenters. The zero-order valence-electron chi connectivity index (χ0n) is 16.5. The van der Waals surface area contributed by atoms with Crippen LogP contribution in [0.15, 0.2) is 29.8 Å². The highest BCUT2D eigenvalue weighted by molar-refractivity contribution is 7.91. The lowest BCUT2D eigenvalue weighted by Crippen LogP contribution is -2.54. The normalized spacial score (nSPS) is 19.7. The van der Waals surface area contributed by atoms with E-state index in [4.69, 9.17) is 11.6 Å². The summed E-state index contributed by atoms with van der Waals surface area (Å²) in [4.78, 5) is 29.1. The standard InChI is InChI=1S/C20H24ClFN2O4S/c1-20(2,14-5-11-29(27,28)12-6-14)19(26)24-9-7-23(8-10-24)18(25)16-4-3-15(22)13-17(16)21/h3-5,13H,6-12H2,1-2H3. The van der Waals surface area contributed by atoms with E-state index in [0.717, 1.165) is 11.6 Å². The van der Waals surface area contributed by atoms with Crippen molar-refractivity contribution >= 4 is 33.3 Å². The maximum Gasteiger partial charge on any atom is 0.255 e. The highest BCUT2D eigenvalue weighted by atomic mass is 35.5. The van der Waals surface area contributed by atoms with E-state index in [-0.39, 0.29) is 33.9 Å². The van der Waals surface area contributed by atoms with Crippen LogP contribution in [0.4, 0.5) is 4.39 Å². The van der Waals surface area contributed by atoms with E-state index < -0.39 is 21.1 Å². The number of piperazine rings is 1. The molecule has 2 aliphatic rings. The molecule has 2 heterocycles. The second-order valence-electron chi connectivity index (χ2n) is 7.93. The van der Waals surface area contributed by atoms with Crippen molar-refractivity contribution in [1.29, 1.82) is 0 Å². The Labute approximate surface area is 175 Å². The fraction of sp³-hybridized carbons (Fsp3) is 0.500. The molecule has 9 heteroatoms. The van der Waals surface area contributed by atoms with Gasteiger partial charge in [-0.1, -0.05) is 23.3 Å².